The van der Waals surface area contributed by atoms with Crippen LogP contribution in [0, 0.1) is 22.7 Å². The van der Waals surface area contributed by atoms with Crippen molar-refractivity contribution >= 4 is 21.8 Å². The van der Waals surface area contributed by atoms with Crippen LogP contribution in [-0.4, -0.2) is 9.13 Å². The first-order valence-corrected chi connectivity index (χ1v) is 9.22. The van der Waals surface area contributed by atoms with E-state index >= 15 is 0 Å². The van der Waals surface area contributed by atoms with E-state index in [2.05, 4.69) is 47.5 Å². The van der Waals surface area contributed by atoms with Gasteiger partial charge in [0, 0.05) is 53.7 Å². The molecule has 0 amide bonds. The molecule has 0 N–H and O–H groups in total. The fourth-order valence-corrected chi connectivity index (χ4v) is 3.89. The second kappa shape index (κ2) is 6.67. The van der Waals surface area contributed by atoms with Gasteiger partial charge in [-0.2, -0.15) is 10.5 Å². The summed E-state index contributed by atoms with van der Waals surface area (Å²) in [5.74, 6) is 0. The molecule has 132 valence electrons. The highest BCUT2D eigenvalue weighted by Gasteiger charge is 2.14. The van der Waals surface area contributed by atoms with Crippen LogP contribution in [0.2, 0.25) is 0 Å². The SMILES string of the molecule is CCn1cc(Cc2cn(CC)c3ccc(C#N)cc23)c2cc(C#N)ccc21. The summed E-state index contributed by atoms with van der Waals surface area (Å²) in [6, 6.07) is 16.3. The van der Waals surface area contributed by atoms with Crippen molar-refractivity contribution in [3.05, 3.63) is 71.0 Å². The van der Waals surface area contributed by atoms with Gasteiger partial charge in [-0.05, 0) is 61.4 Å². The van der Waals surface area contributed by atoms with Crippen molar-refractivity contribution in [3.63, 3.8) is 0 Å². The minimum Gasteiger partial charge on any atom is -0.347 e. The van der Waals surface area contributed by atoms with Gasteiger partial charge in [0.15, 0.2) is 0 Å². The number of aromatic nitrogens is 2. The molecule has 27 heavy (non-hydrogen) atoms. The van der Waals surface area contributed by atoms with Crippen molar-refractivity contribution in [2.75, 3.05) is 0 Å². The lowest BCUT2D eigenvalue weighted by atomic mass is 10.0. The highest BCUT2D eigenvalue weighted by Crippen LogP contribution is 2.29. The average Bonchev–Trinajstić information content (AvgIpc) is 3.25. The van der Waals surface area contributed by atoms with E-state index in [0.717, 1.165) is 41.3 Å². The molecule has 4 nitrogen and oxygen atoms in total. The van der Waals surface area contributed by atoms with Crippen molar-refractivity contribution in [2.45, 2.75) is 33.4 Å². The van der Waals surface area contributed by atoms with Crippen molar-refractivity contribution in [3.8, 4) is 12.1 Å². The fraction of sp³-hybridized carbons (Fsp3) is 0.217. The van der Waals surface area contributed by atoms with Crippen molar-refractivity contribution in [1.29, 1.82) is 10.5 Å². The van der Waals surface area contributed by atoms with Gasteiger partial charge in [-0.3, -0.25) is 0 Å². The van der Waals surface area contributed by atoms with Crippen molar-refractivity contribution in [1.82, 2.24) is 9.13 Å². The Labute approximate surface area is 158 Å². The number of hydrogen-bond donors (Lipinski definition) is 0. The fourth-order valence-electron chi connectivity index (χ4n) is 3.89. The quantitative estimate of drug-likeness (QED) is 0.521. The Morgan fingerprint density at radius 3 is 1.56 bits per heavy atom. The van der Waals surface area contributed by atoms with E-state index in [1.54, 1.807) is 0 Å². The van der Waals surface area contributed by atoms with Crippen LogP contribution < -0.4 is 0 Å². The third kappa shape index (κ3) is 2.76. The zero-order valence-electron chi connectivity index (χ0n) is 15.5. The van der Waals surface area contributed by atoms with Gasteiger partial charge in [0.2, 0.25) is 0 Å². The summed E-state index contributed by atoms with van der Waals surface area (Å²) in [4.78, 5) is 0. The molecule has 0 saturated heterocycles. The molecule has 2 aromatic heterocycles. The van der Waals surface area contributed by atoms with Crippen LogP contribution in [0.3, 0.4) is 0 Å². The first-order valence-electron chi connectivity index (χ1n) is 9.22. The lowest BCUT2D eigenvalue weighted by molar-refractivity contribution is 0.789. The van der Waals surface area contributed by atoms with Gasteiger partial charge >= 0.3 is 0 Å². The molecule has 2 heterocycles. The maximum atomic E-state index is 9.29. The Hall–Kier alpha value is -3.50. The van der Waals surface area contributed by atoms with E-state index in [1.165, 1.54) is 11.1 Å². The standard InChI is InChI=1S/C23H20N4/c1-3-26-14-18(20-9-16(12-24)5-7-22(20)26)11-19-15-27(4-2)23-8-6-17(13-25)10-21(19)23/h5-10,14-15H,3-4,11H2,1-2H3. The molecule has 0 fully saturated rings. The molecule has 4 aromatic rings. The van der Waals surface area contributed by atoms with Crippen LogP contribution in [0.5, 0.6) is 0 Å². The Morgan fingerprint density at radius 1 is 0.741 bits per heavy atom. The molecule has 0 aliphatic rings. The molecule has 2 aromatic carbocycles. The van der Waals surface area contributed by atoms with E-state index in [1.807, 2.05) is 36.4 Å². The monoisotopic (exact) mass is 352 g/mol. The van der Waals surface area contributed by atoms with Crippen LogP contribution in [-0.2, 0) is 19.5 Å². The number of benzene rings is 2. The van der Waals surface area contributed by atoms with E-state index in [4.69, 9.17) is 0 Å². The third-order valence-electron chi connectivity index (χ3n) is 5.25. The number of hydrogen-bond acceptors (Lipinski definition) is 2. The number of fused-ring (bicyclic) bond motifs is 2. The predicted molar refractivity (Wildman–Crippen MR) is 107 cm³/mol. The van der Waals surface area contributed by atoms with Gasteiger partial charge in [-0.15, -0.1) is 0 Å². The Kier molecular flexibility index (Phi) is 4.18. The highest BCUT2D eigenvalue weighted by molar-refractivity contribution is 5.89. The van der Waals surface area contributed by atoms with E-state index in [9.17, 15) is 10.5 Å². The van der Waals surface area contributed by atoms with Gasteiger partial charge in [0.05, 0.1) is 23.3 Å². The molecule has 0 spiro atoms. The maximum Gasteiger partial charge on any atom is 0.0991 e. The summed E-state index contributed by atoms with van der Waals surface area (Å²) < 4.78 is 4.46. The van der Waals surface area contributed by atoms with Crippen LogP contribution in [0.15, 0.2) is 48.8 Å². The van der Waals surface area contributed by atoms with Crippen molar-refractivity contribution in [2.24, 2.45) is 0 Å². The summed E-state index contributed by atoms with van der Waals surface area (Å²) >= 11 is 0. The lowest BCUT2D eigenvalue weighted by Crippen LogP contribution is -1.91. The molecule has 0 saturated carbocycles. The van der Waals surface area contributed by atoms with Crippen LogP contribution in [0.25, 0.3) is 21.8 Å². The molecule has 0 atom stereocenters. The number of nitriles is 2. The summed E-state index contributed by atoms with van der Waals surface area (Å²) in [5.41, 5.74) is 6.09. The summed E-state index contributed by atoms with van der Waals surface area (Å²) in [6.07, 6.45) is 5.15. The lowest BCUT2D eigenvalue weighted by Gasteiger charge is -2.00. The first kappa shape index (κ1) is 16.9. The minimum atomic E-state index is 0.681. The maximum absolute atomic E-state index is 9.29. The summed E-state index contributed by atoms with van der Waals surface area (Å²) in [6.45, 7) is 6.03. The Balaban J connectivity index is 1.90. The largest absolute Gasteiger partial charge is 0.347 e. The zero-order valence-corrected chi connectivity index (χ0v) is 15.5. The molecule has 0 unspecified atom stereocenters. The molecule has 0 bridgehead atoms. The highest BCUT2D eigenvalue weighted by atomic mass is 15.0. The first-order chi connectivity index (χ1) is 13.2. The molecule has 4 rings (SSSR count). The average molecular weight is 352 g/mol. The molecular weight excluding hydrogens is 332 g/mol. The number of aryl methyl sites for hydroxylation is 2. The van der Waals surface area contributed by atoms with Gasteiger partial charge < -0.3 is 9.13 Å². The second-order valence-electron chi connectivity index (χ2n) is 6.74. The van der Waals surface area contributed by atoms with Crippen LogP contribution in [0.1, 0.15) is 36.1 Å². The molecule has 0 aliphatic carbocycles. The van der Waals surface area contributed by atoms with Gasteiger partial charge in [0.1, 0.15) is 0 Å². The summed E-state index contributed by atoms with van der Waals surface area (Å²) in [5, 5.41) is 20.8. The smallest absolute Gasteiger partial charge is 0.0991 e. The third-order valence-corrected chi connectivity index (χ3v) is 5.25. The molecule has 4 heteroatoms. The van der Waals surface area contributed by atoms with Crippen LogP contribution >= 0.6 is 0 Å². The van der Waals surface area contributed by atoms with Crippen LogP contribution in [0.4, 0.5) is 0 Å². The van der Waals surface area contributed by atoms with E-state index in [-0.39, 0.29) is 0 Å². The Morgan fingerprint density at radius 2 is 1.19 bits per heavy atom. The zero-order chi connectivity index (χ0) is 19.0. The normalized spacial score (nSPS) is 11.0. The Bertz CT molecular complexity index is 1140. The van der Waals surface area contributed by atoms with E-state index in [0.29, 0.717) is 11.1 Å². The summed E-state index contributed by atoms with van der Waals surface area (Å²) in [7, 11) is 0. The van der Waals surface area contributed by atoms with Gasteiger partial charge in [-0.25, -0.2) is 0 Å². The van der Waals surface area contributed by atoms with Gasteiger partial charge in [0.25, 0.3) is 0 Å². The molecule has 0 radical (unpaired) electrons. The number of nitrogens with zero attached hydrogens (tertiary/aromatic N) is 4. The molecular formula is C23H20N4. The molecule has 0 aliphatic heterocycles. The van der Waals surface area contributed by atoms with E-state index < -0.39 is 0 Å². The van der Waals surface area contributed by atoms with Gasteiger partial charge in [-0.1, -0.05) is 0 Å². The predicted octanol–water partition coefficient (Wildman–Crippen LogP) is 4.97. The second-order valence-corrected chi connectivity index (χ2v) is 6.74. The topological polar surface area (TPSA) is 57.4 Å². The minimum absolute atomic E-state index is 0.681. The van der Waals surface area contributed by atoms with Crippen molar-refractivity contribution < 1.29 is 0 Å². The number of rotatable bonds is 4.